The summed E-state index contributed by atoms with van der Waals surface area (Å²) < 4.78 is 23.2. The summed E-state index contributed by atoms with van der Waals surface area (Å²) in [6.45, 7) is 7.23. The van der Waals surface area contributed by atoms with Crippen LogP contribution in [0.1, 0.15) is 43.7 Å². The Bertz CT molecular complexity index is 915. The molecule has 0 saturated carbocycles. The first kappa shape index (κ1) is 28.2. The Kier molecular flexibility index (Phi) is 10.8. The second-order valence-electron chi connectivity index (χ2n) is 9.90. The minimum atomic E-state index is -0.776. The molecule has 200 valence electrons. The van der Waals surface area contributed by atoms with Crippen LogP contribution < -0.4 is 15.4 Å². The molecule has 3 atom stereocenters. The fourth-order valence-corrected chi connectivity index (χ4v) is 4.36. The van der Waals surface area contributed by atoms with Crippen LogP contribution in [0.2, 0.25) is 0 Å². The van der Waals surface area contributed by atoms with Gasteiger partial charge in [0.1, 0.15) is 11.5 Å². The molecule has 1 aliphatic heterocycles. The number of phenolic OH excluding ortho intramolecular Hbond substituents is 1. The quantitative estimate of drug-likeness (QED) is 0.229. The average Bonchev–Trinajstić information content (AvgIpc) is 2.86. The van der Waals surface area contributed by atoms with Crippen molar-refractivity contribution in [3.63, 3.8) is 0 Å². The molecule has 2 aromatic rings. The molecule has 8 nitrogen and oxygen atoms in total. The van der Waals surface area contributed by atoms with E-state index in [1.807, 2.05) is 24.3 Å². The Morgan fingerprint density at radius 1 is 1.00 bits per heavy atom. The van der Waals surface area contributed by atoms with E-state index in [1.165, 1.54) is 0 Å². The van der Waals surface area contributed by atoms with E-state index in [9.17, 15) is 10.2 Å². The summed E-state index contributed by atoms with van der Waals surface area (Å²) in [5.41, 5.74) is 2.01. The lowest BCUT2D eigenvalue weighted by atomic mass is 9.85. The van der Waals surface area contributed by atoms with Crippen LogP contribution in [0.3, 0.4) is 0 Å². The van der Waals surface area contributed by atoms with Crippen LogP contribution in [0.5, 0.6) is 11.5 Å². The standard InChI is InChI=1S/C28H42N2O6/c1-28(2,32)12-15-35-25-17-29-18-26(27(25)21-7-9-22(34-4)10-8-21)36-19-20-6-11-24(31)23(16-20)30-13-5-14-33-3/h6-11,16,25-27,29-32H,5,12-15,17-19H2,1-4H3/t25-,26+,27+/m1/s1. The first-order chi connectivity index (χ1) is 17.3. The maximum atomic E-state index is 10.2. The van der Waals surface area contributed by atoms with Gasteiger partial charge in [0.15, 0.2) is 0 Å². The van der Waals surface area contributed by atoms with E-state index in [1.54, 1.807) is 34.1 Å². The summed E-state index contributed by atoms with van der Waals surface area (Å²) in [6, 6.07) is 13.6. The maximum absolute atomic E-state index is 10.2. The number of benzene rings is 2. The molecule has 1 fully saturated rings. The van der Waals surface area contributed by atoms with Crippen molar-refractivity contribution < 1.29 is 29.2 Å². The number of methoxy groups -OCH3 is 2. The molecule has 0 unspecified atom stereocenters. The number of anilines is 1. The molecular weight excluding hydrogens is 460 g/mol. The Balaban J connectivity index is 1.71. The average molecular weight is 503 g/mol. The smallest absolute Gasteiger partial charge is 0.138 e. The van der Waals surface area contributed by atoms with Crippen LogP contribution in [0.15, 0.2) is 42.5 Å². The summed E-state index contributed by atoms with van der Waals surface area (Å²) in [7, 11) is 3.34. The SMILES string of the molecule is COCCCNc1cc(CO[C@H]2CNC[C@@H](OCCC(C)(C)O)[C@@H]2c2ccc(OC)cc2)ccc1O. The van der Waals surface area contributed by atoms with E-state index in [0.717, 1.165) is 23.3 Å². The molecule has 4 N–H and O–H groups in total. The predicted molar refractivity (Wildman–Crippen MR) is 141 cm³/mol. The van der Waals surface area contributed by atoms with Crippen molar-refractivity contribution in [2.45, 2.75) is 57.0 Å². The molecule has 3 rings (SSSR count). The van der Waals surface area contributed by atoms with Crippen LogP contribution >= 0.6 is 0 Å². The van der Waals surface area contributed by atoms with Crippen LogP contribution in [-0.2, 0) is 20.8 Å². The highest BCUT2D eigenvalue weighted by molar-refractivity contribution is 5.57. The number of piperidine rings is 1. The highest BCUT2D eigenvalue weighted by Gasteiger charge is 2.36. The van der Waals surface area contributed by atoms with Crippen molar-refractivity contribution in [2.75, 3.05) is 52.4 Å². The van der Waals surface area contributed by atoms with E-state index in [2.05, 4.69) is 22.8 Å². The lowest BCUT2D eigenvalue weighted by Crippen LogP contribution is -2.51. The molecule has 1 aliphatic rings. The summed E-state index contributed by atoms with van der Waals surface area (Å²) in [5, 5.41) is 27.1. The van der Waals surface area contributed by atoms with Gasteiger partial charge in [-0.1, -0.05) is 18.2 Å². The third-order valence-electron chi connectivity index (χ3n) is 6.40. The first-order valence-corrected chi connectivity index (χ1v) is 12.7. The zero-order valence-corrected chi connectivity index (χ0v) is 22.0. The van der Waals surface area contributed by atoms with Crippen molar-refractivity contribution in [2.24, 2.45) is 0 Å². The lowest BCUT2D eigenvalue weighted by molar-refractivity contribution is -0.0698. The van der Waals surface area contributed by atoms with Gasteiger partial charge in [-0.15, -0.1) is 0 Å². The van der Waals surface area contributed by atoms with Crippen LogP contribution in [0, 0.1) is 0 Å². The number of phenols is 1. The van der Waals surface area contributed by atoms with Crippen LogP contribution in [-0.4, -0.2) is 75.1 Å². The van der Waals surface area contributed by atoms with Crippen LogP contribution in [0.4, 0.5) is 5.69 Å². The van der Waals surface area contributed by atoms with Gasteiger partial charge in [0.05, 0.1) is 37.2 Å². The molecule has 8 heteroatoms. The van der Waals surface area contributed by atoms with Gasteiger partial charge in [-0.2, -0.15) is 0 Å². The number of hydrogen-bond donors (Lipinski definition) is 4. The maximum Gasteiger partial charge on any atom is 0.138 e. The number of nitrogens with one attached hydrogen (secondary N) is 2. The Morgan fingerprint density at radius 2 is 1.72 bits per heavy atom. The van der Waals surface area contributed by atoms with Gasteiger partial charge in [0.2, 0.25) is 0 Å². The Hall–Kier alpha value is -2.36. The van der Waals surface area contributed by atoms with Gasteiger partial charge in [-0.25, -0.2) is 0 Å². The second kappa shape index (κ2) is 13.8. The molecule has 0 bridgehead atoms. The Labute approximate surface area is 214 Å². The normalized spacial score (nSPS) is 20.3. The zero-order chi connectivity index (χ0) is 26.0. The third-order valence-corrected chi connectivity index (χ3v) is 6.40. The highest BCUT2D eigenvalue weighted by atomic mass is 16.5. The van der Waals surface area contributed by atoms with Gasteiger partial charge < -0.3 is 39.8 Å². The summed E-state index contributed by atoms with van der Waals surface area (Å²) in [5.74, 6) is 1.04. The van der Waals surface area contributed by atoms with Gasteiger partial charge >= 0.3 is 0 Å². The van der Waals surface area contributed by atoms with E-state index in [0.29, 0.717) is 51.6 Å². The largest absolute Gasteiger partial charge is 0.506 e. The summed E-state index contributed by atoms with van der Waals surface area (Å²) in [4.78, 5) is 0. The molecule has 0 aliphatic carbocycles. The number of hydrogen-bond acceptors (Lipinski definition) is 8. The number of ether oxygens (including phenoxy) is 4. The third kappa shape index (κ3) is 8.64. The molecule has 1 heterocycles. The molecular formula is C28H42N2O6. The van der Waals surface area contributed by atoms with E-state index in [-0.39, 0.29) is 23.9 Å². The van der Waals surface area contributed by atoms with Gasteiger partial charge in [0, 0.05) is 45.9 Å². The van der Waals surface area contributed by atoms with Gasteiger partial charge in [-0.05, 0) is 62.1 Å². The van der Waals surface area contributed by atoms with Crippen molar-refractivity contribution in [1.82, 2.24) is 5.32 Å². The second-order valence-corrected chi connectivity index (χ2v) is 9.90. The fraction of sp³-hybridized carbons (Fsp3) is 0.571. The molecule has 1 saturated heterocycles. The first-order valence-electron chi connectivity index (χ1n) is 12.7. The summed E-state index contributed by atoms with van der Waals surface area (Å²) >= 11 is 0. The topological polar surface area (TPSA) is 101 Å². The van der Waals surface area contributed by atoms with Crippen molar-refractivity contribution in [1.29, 1.82) is 0 Å². The number of rotatable bonds is 14. The summed E-state index contributed by atoms with van der Waals surface area (Å²) in [6.07, 6.45) is 1.18. The minimum Gasteiger partial charge on any atom is -0.506 e. The minimum absolute atomic E-state index is 0.0164. The van der Waals surface area contributed by atoms with E-state index >= 15 is 0 Å². The van der Waals surface area contributed by atoms with Gasteiger partial charge in [0.25, 0.3) is 0 Å². The zero-order valence-electron chi connectivity index (χ0n) is 22.0. The molecule has 0 spiro atoms. The lowest BCUT2D eigenvalue weighted by Gasteiger charge is -2.39. The molecule has 0 aromatic heterocycles. The monoisotopic (exact) mass is 502 g/mol. The fourth-order valence-electron chi connectivity index (χ4n) is 4.36. The van der Waals surface area contributed by atoms with Crippen molar-refractivity contribution in [3.8, 4) is 11.5 Å². The number of aliphatic hydroxyl groups is 1. The highest BCUT2D eigenvalue weighted by Crippen LogP contribution is 2.33. The van der Waals surface area contributed by atoms with E-state index in [4.69, 9.17) is 18.9 Å². The Morgan fingerprint density at radius 3 is 2.39 bits per heavy atom. The van der Waals surface area contributed by atoms with Crippen molar-refractivity contribution in [3.05, 3.63) is 53.6 Å². The number of aromatic hydroxyl groups is 1. The van der Waals surface area contributed by atoms with Crippen LogP contribution in [0.25, 0.3) is 0 Å². The van der Waals surface area contributed by atoms with E-state index < -0.39 is 5.60 Å². The van der Waals surface area contributed by atoms with Crippen molar-refractivity contribution >= 4 is 5.69 Å². The molecule has 0 amide bonds. The molecule has 2 aromatic carbocycles. The van der Waals surface area contributed by atoms with Gasteiger partial charge in [-0.3, -0.25) is 0 Å². The predicted octanol–water partition coefficient (Wildman–Crippen LogP) is 3.67. The molecule has 36 heavy (non-hydrogen) atoms. The molecule has 0 radical (unpaired) electrons.